The molecule has 1 aromatic heterocycles. The van der Waals surface area contributed by atoms with Crippen molar-refractivity contribution in [1.29, 1.82) is 0 Å². The van der Waals surface area contributed by atoms with Crippen molar-refractivity contribution in [2.24, 2.45) is 0 Å². The molecule has 34 heavy (non-hydrogen) atoms. The van der Waals surface area contributed by atoms with Gasteiger partial charge in [-0.3, -0.25) is 24.6 Å². The number of nitro benzene ring substituents is 1. The first-order chi connectivity index (χ1) is 16.4. The number of hydrogen-bond donors (Lipinski definition) is 0. The van der Waals surface area contributed by atoms with Crippen LogP contribution in [-0.4, -0.2) is 17.4 Å². The number of hydrogen-bond acceptors (Lipinski definition) is 6. The molecule has 5 rings (SSSR count). The van der Waals surface area contributed by atoms with Crippen LogP contribution in [0.2, 0.25) is 5.02 Å². The van der Waals surface area contributed by atoms with Crippen LogP contribution in [0.1, 0.15) is 34.6 Å². The molecule has 1 aliphatic heterocycles. The minimum atomic E-state index is -0.846. The molecule has 0 radical (unpaired) electrons. The van der Waals surface area contributed by atoms with E-state index >= 15 is 0 Å². The molecule has 0 saturated carbocycles. The summed E-state index contributed by atoms with van der Waals surface area (Å²) in [4.78, 5) is 39.2. The van der Waals surface area contributed by atoms with Crippen LogP contribution in [-0.2, 0) is 0 Å². The molecule has 0 fully saturated rings. The molecule has 2 heterocycles. The van der Waals surface area contributed by atoms with E-state index in [1.807, 2.05) is 6.92 Å². The standard InChI is InChI=1S/C25H17ClN2O6/c1-2-33-18-10-8-16(9-11-18)27-22(14-3-6-17(7-4-14)28(31)32)21-23(29)19-13-15(26)5-12-20(19)34-24(21)25(27)30/h3-13,22H,2H2,1H3. The van der Waals surface area contributed by atoms with Gasteiger partial charge in [-0.1, -0.05) is 11.6 Å². The minimum Gasteiger partial charge on any atom is -0.494 e. The average molecular weight is 477 g/mol. The van der Waals surface area contributed by atoms with Crippen LogP contribution < -0.4 is 15.1 Å². The molecular weight excluding hydrogens is 460 g/mol. The van der Waals surface area contributed by atoms with Crippen molar-refractivity contribution in [1.82, 2.24) is 0 Å². The molecule has 170 valence electrons. The Morgan fingerprint density at radius 2 is 1.76 bits per heavy atom. The highest BCUT2D eigenvalue weighted by Crippen LogP contribution is 2.42. The zero-order valence-electron chi connectivity index (χ0n) is 17.9. The number of carbonyl (C=O) groups excluding carboxylic acids is 1. The Kier molecular flexibility index (Phi) is 5.30. The predicted molar refractivity (Wildman–Crippen MR) is 127 cm³/mol. The summed E-state index contributed by atoms with van der Waals surface area (Å²) in [6.45, 7) is 2.36. The third kappa shape index (κ3) is 3.48. The van der Waals surface area contributed by atoms with Crippen molar-refractivity contribution in [2.75, 3.05) is 11.5 Å². The molecule has 0 aliphatic carbocycles. The second kappa shape index (κ2) is 8.31. The molecule has 4 aromatic rings. The summed E-state index contributed by atoms with van der Waals surface area (Å²) in [5.74, 6) is 0.0744. The number of anilines is 1. The van der Waals surface area contributed by atoms with E-state index in [9.17, 15) is 19.7 Å². The van der Waals surface area contributed by atoms with Gasteiger partial charge in [-0.2, -0.15) is 0 Å². The Morgan fingerprint density at radius 3 is 2.41 bits per heavy atom. The zero-order chi connectivity index (χ0) is 24.0. The Hall–Kier alpha value is -4.17. The number of nitro groups is 1. The van der Waals surface area contributed by atoms with E-state index < -0.39 is 16.9 Å². The van der Waals surface area contributed by atoms with Crippen molar-refractivity contribution in [3.8, 4) is 5.75 Å². The van der Waals surface area contributed by atoms with E-state index in [0.29, 0.717) is 28.6 Å². The third-order valence-corrected chi connectivity index (χ3v) is 5.91. The predicted octanol–water partition coefficient (Wildman–Crippen LogP) is 5.50. The molecule has 0 spiro atoms. The summed E-state index contributed by atoms with van der Waals surface area (Å²) in [7, 11) is 0. The number of amides is 1. The fourth-order valence-electron chi connectivity index (χ4n) is 4.17. The maximum atomic E-state index is 13.6. The largest absolute Gasteiger partial charge is 0.494 e. The highest BCUT2D eigenvalue weighted by atomic mass is 35.5. The second-order valence-electron chi connectivity index (χ2n) is 7.67. The van der Waals surface area contributed by atoms with E-state index in [1.165, 1.54) is 35.2 Å². The van der Waals surface area contributed by atoms with Gasteiger partial charge in [0.1, 0.15) is 11.3 Å². The summed E-state index contributed by atoms with van der Waals surface area (Å²) < 4.78 is 11.4. The van der Waals surface area contributed by atoms with E-state index in [0.717, 1.165) is 0 Å². The number of halogens is 1. The SMILES string of the molecule is CCOc1ccc(N2C(=O)c3oc4ccc(Cl)cc4c(=O)c3C2c2ccc([N+](=O)[O-])cc2)cc1. The second-order valence-corrected chi connectivity index (χ2v) is 8.10. The fourth-order valence-corrected chi connectivity index (χ4v) is 4.35. The number of carbonyl (C=O) groups is 1. The molecule has 0 bridgehead atoms. The van der Waals surface area contributed by atoms with Gasteiger partial charge in [-0.25, -0.2) is 0 Å². The molecule has 8 nitrogen and oxygen atoms in total. The third-order valence-electron chi connectivity index (χ3n) is 5.68. The van der Waals surface area contributed by atoms with Crippen LogP contribution in [0, 0.1) is 10.1 Å². The molecule has 1 atom stereocenters. The maximum absolute atomic E-state index is 13.6. The smallest absolute Gasteiger partial charge is 0.295 e. The maximum Gasteiger partial charge on any atom is 0.295 e. The van der Waals surface area contributed by atoms with Gasteiger partial charge in [-0.05, 0) is 67.1 Å². The van der Waals surface area contributed by atoms with Crippen molar-refractivity contribution >= 4 is 39.9 Å². The first-order valence-electron chi connectivity index (χ1n) is 10.5. The van der Waals surface area contributed by atoms with Gasteiger partial charge in [0.2, 0.25) is 5.76 Å². The van der Waals surface area contributed by atoms with Crippen molar-refractivity contribution < 1.29 is 18.9 Å². The van der Waals surface area contributed by atoms with Crippen molar-refractivity contribution in [3.05, 3.63) is 109 Å². The van der Waals surface area contributed by atoms with E-state index in [1.54, 1.807) is 36.4 Å². The Bertz CT molecular complexity index is 1500. The lowest BCUT2D eigenvalue weighted by Crippen LogP contribution is -2.29. The number of ether oxygens (including phenoxy) is 1. The van der Waals surface area contributed by atoms with Gasteiger partial charge in [0.25, 0.3) is 11.6 Å². The van der Waals surface area contributed by atoms with Gasteiger partial charge in [0, 0.05) is 22.8 Å². The van der Waals surface area contributed by atoms with E-state index in [4.69, 9.17) is 20.8 Å². The van der Waals surface area contributed by atoms with Crippen LogP contribution in [0.15, 0.2) is 75.9 Å². The molecule has 1 amide bonds. The van der Waals surface area contributed by atoms with E-state index in [2.05, 4.69) is 0 Å². The normalized spacial score (nSPS) is 14.9. The van der Waals surface area contributed by atoms with Gasteiger partial charge in [0.15, 0.2) is 5.43 Å². The molecule has 9 heteroatoms. The van der Waals surface area contributed by atoms with Gasteiger partial charge >= 0.3 is 0 Å². The molecular formula is C25H17ClN2O6. The summed E-state index contributed by atoms with van der Waals surface area (Å²) in [6.07, 6.45) is 0. The van der Waals surface area contributed by atoms with Gasteiger partial charge in [0.05, 0.1) is 28.5 Å². The summed E-state index contributed by atoms with van der Waals surface area (Å²) in [6, 6.07) is 16.4. The Labute approximate surface area is 198 Å². The summed E-state index contributed by atoms with van der Waals surface area (Å²) in [5, 5.41) is 11.7. The summed E-state index contributed by atoms with van der Waals surface area (Å²) >= 11 is 6.10. The van der Waals surface area contributed by atoms with Crippen molar-refractivity contribution in [2.45, 2.75) is 13.0 Å². The lowest BCUT2D eigenvalue weighted by molar-refractivity contribution is -0.384. The topological polar surface area (TPSA) is 103 Å². The number of non-ortho nitro benzene ring substituents is 1. The van der Waals surface area contributed by atoms with Crippen LogP contribution in [0.3, 0.4) is 0 Å². The average Bonchev–Trinajstić information content (AvgIpc) is 3.13. The zero-order valence-corrected chi connectivity index (χ0v) is 18.6. The van der Waals surface area contributed by atoms with Crippen molar-refractivity contribution in [3.63, 3.8) is 0 Å². The minimum absolute atomic E-state index is 0.0722. The Balaban J connectivity index is 1.73. The highest BCUT2D eigenvalue weighted by molar-refractivity contribution is 6.31. The lowest BCUT2D eigenvalue weighted by atomic mass is 9.98. The summed E-state index contributed by atoms with van der Waals surface area (Å²) in [5.41, 5.74) is 0.965. The molecule has 0 saturated heterocycles. The van der Waals surface area contributed by atoms with Crippen LogP contribution in [0.5, 0.6) is 5.75 Å². The van der Waals surface area contributed by atoms with E-state index in [-0.39, 0.29) is 33.4 Å². The lowest BCUT2D eigenvalue weighted by Gasteiger charge is -2.25. The molecule has 0 N–H and O–H groups in total. The monoisotopic (exact) mass is 476 g/mol. The Morgan fingerprint density at radius 1 is 1.06 bits per heavy atom. The number of fused-ring (bicyclic) bond motifs is 2. The number of benzene rings is 3. The fraction of sp³-hybridized carbons (Fsp3) is 0.120. The van der Waals surface area contributed by atoms with Crippen LogP contribution >= 0.6 is 11.6 Å². The number of nitrogens with zero attached hydrogens (tertiary/aromatic N) is 2. The van der Waals surface area contributed by atoms with Gasteiger partial charge < -0.3 is 9.15 Å². The van der Waals surface area contributed by atoms with Gasteiger partial charge in [-0.15, -0.1) is 0 Å². The quantitative estimate of drug-likeness (QED) is 0.278. The van der Waals surface area contributed by atoms with Crippen LogP contribution in [0.25, 0.3) is 11.0 Å². The molecule has 1 aliphatic rings. The molecule has 1 unspecified atom stereocenters. The highest BCUT2D eigenvalue weighted by Gasteiger charge is 2.43. The first-order valence-corrected chi connectivity index (χ1v) is 10.8. The molecule has 3 aromatic carbocycles. The van der Waals surface area contributed by atoms with Crippen LogP contribution in [0.4, 0.5) is 11.4 Å². The number of rotatable bonds is 5. The first kappa shape index (κ1) is 21.7.